The van der Waals surface area contributed by atoms with Crippen LogP contribution in [0.1, 0.15) is 93.4 Å². The average Bonchev–Trinajstić information content (AvgIpc) is 2.62. The van der Waals surface area contributed by atoms with Crippen LogP contribution < -0.4 is 0 Å². The van der Waals surface area contributed by atoms with Gasteiger partial charge in [0.15, 0.2) is 6.29 Å². The van der Waals surface area contributed by atoms with E-state index in [1.54, 1.807) is 0 Å². The molecule has 0 aromatic carbocycles. The molecule has 26 heavy (non-hydrogen) atoms. The molecule has 0 rings (SSSR count). The maximum absolute atomic E-state index is 6.59. The Hall–Kier alpha value is 1.07. The second-order valence-electron chi connectivity index (χ2n) is 7.22. The molecule has 0 heterocycles. The van der Waals surface area contributed by atoms with Crippen molar-refractivity contribution in [2.75, 3.05) is 0 Å². The van der Waals surface area contributed by atoms with Gasteiger partial charge in [0.05, 0.1) is 17.6 Å². The Morgan fingerprint density at radius 1 is 0.538 bits per heavy atom. The van der Waals surface area contributed by atoms with Gasteiger partial charge in [-0.3, -0.25) is 0 Å². The Kier molecular flexibility index (Phi) is 21.8. The summed E-state index contributed by atoms with van der Waals surface area (Å²) in [5.41, 5.74) is 0.917. The van der Waals surface area contributed by atoms with Crippen molar-refractivity contribution in [1.82, 2.24) is 0 Å². The van der Waals surface area contributed by atoms with E-state index in [-0.39, 0.29) is 28.0 Å². The SMILES string of the molecule is CCC[Si](CCC)C(CC)OC(CC)OC(CC)[Si](CCC)CCC.[Ti]. The van der Waals surface area contributed by atoms with E-state index in [1.807, 2.05) is 0 Å². The first-order valence-corrected chi connectivity index (χ1v) is 15.1. The Bertz CT molecular complexity index is 257. The fourth-order valence-corrected chi connectivity index (χ4v) is 9.93. The zero-order valence-corrected chi connectivity index (χ0v) is 22.4. The minimum Gasteiger partial charge on any atom is -0.353 e. The van der Waals surface area contributed by atoms with E-state index in [0.717, 1.165) is 19.3 Å². The molecule has 2 radical (unpaired) electrons. The number of hydrogen-bond acceptors (Lipinski definition) is 2. The van der Waals surface area contributed by atoms with Crippen LogP contribution in [-0.2, 0) is 31.2 Å². The first-order valence-electron chi connectivity index (χ1n) is 11.1. The van der Waals surface area contributed by atoms with Gasteiger partial charge in [-0.05, 0) is 19.3 Å². The van der Waals surface area contributed by atoms with Crippen molar-refractivity contribution in [3.05, 3.63) is 0 Å². The Morgan fingerprint density at radius 2 is 0.846 bits per heavy atom. The zero-order chi connectivity index (χ0) is 19.1. The van der Waals surface area contributed by atoms with Crippen LogP contribution in [0, 0.1) is 0 Å². The molecule has 0 aromatic heterocycles. The van der Waals surface area contributed by atoms with E-state index in [1.165, 1.54) is 49.9 Å². The molecule has 2 unspecified atom stereocenters. The van der Waals surface area contributed by atoms with Gasteiger partial charge in [0.25, 0.3) is 0 Å². The van der Waals surface area contributed by atoms with E-state index >= 15 is 0 Å². The fourth-order valence-electron chi connectivity index (χ4n) is 3.73. The van der Waals surface area contributed by atoms with Crippen molar-refractivity contribution < 1.29 is 31.2 Å². The third-order valence-electron chi connectivity index (χ3n) is 4.90. The Balaban J connectivity index is 0. The van der Waals surface area contributed by atoms with Gasteiger partial charge in [0.2, 0.25) is 0 Å². The van der Waals surface area contributed by atoms with Gasteiger partial charge < -0.3 is 9.47 Å². The van der Waals surface area contributed by atoms with Gasteiger partial charge >= 0.3 is 0 Å². The summed E-state index contributed by atoms with van der Waals surface area (Å²) in [6, 6.07) is 5.52. The molecule has 154 valence electrons. The van der Waals surface area contributed by atoms with Crippen molar-refractivity contribution in [2.24, 2.45) is 0 Å². The molecular formula is C21H46O2Si2Ti. The van der Waals surface area contributed by atoms with Gasteiger partial charge in [-0.15, -0.1) is 0 Å². The second-order valence-corrected chi connectivity index (χ2v) is 13.1. The summed E-state index contributed by atoms with van der Waals surface area (Å²) >= 11 is 0. The van der Waals surface area contributed by atoms with Crippen molar-refractivity contribution in [3.63, 3.8) is 0 Å². The molecule has 2 atom stereocenters. The fraction of sp³-hybridized carbons (Fsp3) is 1.00. The summed E-state index contributed by atoms with van der Waals surface area (Å²) in [4.78, 5) is 0. The van der Waals surface area contributed by atoms with E-state index in [2.05, 4.69) is 48.5 Å². The summed E-state index contributed by atoms with van der Waals surface area (Å²) in [6.45, 7) is 16.1. The molecule has 5 heteroatoms. The van der Waals surface area contributed by atoms with Gasteiger partial charge in [-0.1, -0.05) is 98.3 Å². The third kappa shape index (κ3) is 11.8. The minimum atomic E-state index is -0.416. The number of rotatable bonds is 17. The molecule has 0 saturated heterocycles. The molecule has 0 amide bonds. The molecule has 0 N–H and O–H groups in total. The molecule has 0 aliphatic heterocycles. The molecular weight excluding hydrogens is 388 g/mol. The predicted octanol–water partition coefficient (Wildman–Crippen LogP) is 7.02. The quantitative estimate of drug-likeness (QED) is 0.181. The maximum atomic E-state index is 6.59. The van der Waals surface area contributed by atoms with Crippen LogP contribution in [0.3, 0.4) is 0 Å². The van der Waals surface area contributed by atoms with Crippen LogP contribution in [0.15, 0.2) is 0 Å². The standard InChI is InChI=1S/C21H46O2Si2.Ti/c1-8-15-24(16-9-2)20(13-6)22-19(12-5)23-21(14-7)25(17-10-3)18-11-4;/h19-21H,8-18H2,1-7H3;. The largest absolute Gasteiger partial charge is 0.353 e. The van der Waals surface area contributed by atoms with E-state index in [4.69, 9.17) is 9.47 Å². The van der Waals surface area contributed by atoms with Gasteiger partial charge in [0.1, 0.15) is 0 Å². The predicted molar refractivity (Wildman–Crippen MR) is 116 cm³/mol. The van der Waals surface area contributed by atoms with Crippen LogP contribution >= 0.6 is 0 Å². The smallest absolute Gasteiger partial charge is 0.157 e. The van der Waals surface area contributed by atoms with Crippen molar-refractivity contribution in [1.29, 1.82) is 0 Å². The average molecular weight is 435 g/mol. The van der Waals surface area contributed by atoms with Crippen molar-refractivity contribution in [3.8, 4) is 0 Å². The summed E-state index contributed by atoms with van der Waals surface area (Å²) in [7, 11) is -0.833. The first kappa shape index (κ1) is 29.3. The second kappa shape index (κ2) is 19.4. The molecule has 0 fully saturated rings. The van der Waals surface area contributed by atoms with E-state index < -0.39 is 17.6 Å². The molecule has 2 nitrogen and oxygen atoms in total. The Labute approximate surface area is 183 Å². The molecule has 0 aliphatic carbocycles. The van der Waals surface area contributed by atoms with Gasteiger partial charge in [-0.2, -0.15) is 0 Å². The minimum absolute atomic E-state index is 0. The topological polar surface area (TPSA) is 18.5 Å². The third-order valence-corrected chi connectivity index (χ3v) is 12.4. The summed E-state index contributed by atoms with van der Waals surface area (Å²) in [6.07, 6.45) is 8.46. The molecule has 0 spiro atoms. The number of ether oxygens (including phenoxy) is 2. The first-order chi connectivity index (χ1) is 12.1. The van der Waals surface area contributed by atoms with Gasteiger partial charge in [0, 0.05) is 33.2 Å². The maximum Gasteiger partial charge on any atom is 0.157 e. The van der Waals surface area contributed by atoms with Crippen LogP contribution in [0.4, 0.5) is 0 Å². The monoisotopic (exact) mass is 434 g/mol. The van der Waals surface area contributed by atoms with Crippen molar-refractivity contribution in [2.45, 2.75) is 135 Å². The van der Waals surface area contributed by atoms with E-state index in [9.17, 15) is 0 Å². The molecule has 0 saturated carbocycles. The molecule has 0 bridgehead atoms. The van der Waals surface area contributed by atoms with Crippen LogP contribution in [0.2, 0.25) is 24.2 Å². The molecule has 0 aliphatic rings. The van der Waals surface area contributed by atoms with Crippen molar-refractivity contribution >= 4 is 17.6 Å². The van der Waals surface area contributed by atoms with Gasteiger partial charge in [-0.25, -0.2) is 0 Å². The molecule has 0 aromatic rings. The zero-order valence-electron chi connectivity index (χ0n) is 18.8. The normalized spacial score (nSPS) is 15.1. The van der Waals surface area contributed by atoms with Crippen LogP contribution in [0.25, 0.3) is 0 Å². The summed E-state index contributed by atoms with van der Waals surface area (Å²) in [5.74, 6) is 0. The summed E-state index contributed by atoms with van der Waals surface area (Å²) < 4.78 is 13.2. The van der Waals surface area contributed by atoms with E-state index in [0.29, 0.717) is 11.5 Å². The Morgan fingerprint density at radius 3 is 1.04 bits per heavy atom. The van der Waals surface area contributed by atoms with Crippen LogP contribution in [-0.4, -0.2) is 35.3 Å². The van der Waals surface area contributed by atoms with Crippen LogP contribution in [0.5, 0.6) is 0 Å². The summed E-state index contributed by atoms with van der Waals surface area (Å²) in [5, 5.41) is 0. The number of hydrogen-bond donors (Lipinski definition) is 0.